The lowest BCUT2D eigenvalue weighted by atomic mass is 9.84. The van der Waals surface area contributed by atoms with Crippen LogP contribution in [0.2, 0.25) is 0 Å². The quantitative estimate of drug-likeness (QED) is 0.541. The molecule has 1 atom stereocenters. The van der Waals surface area contributed by atoms with Crippen molar-refractivity contribution < 1.29 is 24.1 Å². The van der Waals surface area contributed by atoms with E-state index in [1.54, 1.807) is 60.2 Å². The van der Waals surface area contributed by atoms with Gasteiger partial charge in [0, 0.05) is 40.9 Å². The van der Waals surface area contributed by atoms with Crippen LogP contribution in [0.5, 0.6) is 5.75 Å². The number of benzene rings is 2. The van der Waals surface area contributed by atoms with E-state index in [-0.39, 0.29) is 28.8 Å². The van der Waals surface area contributed by atoms with Crippen molar-refractivity contribution in [2.75, 3.05) is 5.32 Å². The number of carbonyl (C=O) groups is 3. The minimum Gasteiger partial charge on any atom is -0.503 e. The van der Waals surface area contributed by atoms with Crippen LogP contribution in [0.25, 0.3) is 0 Å². The van der Waals surface area contributed by atoms with Crippen molar-refractivity contribution >= 4 is 23.2 Å². The van der Waals surface area contributed by atoms with Gasteiger partial charge in [-0.3, -0.25) is 14.4 Å². The highest BCUT2D eigenvalue weighted by Crippen LogP contribution is 2.29. The van der Waals surface area contributed by atoms with Gasteiger partial charge in [0.25, 0.3) is 5.91 Å². The monoisotopic (exact) mass is 373 g/mol. The molecule has 0 radical (unpaired) electrons. The second-order valence-corrected chi connectivity index (χ2v) is 6.64. The van der Waals surface area contributed by atoms with Crippen molar-refractivity contribution in [1.82, 2.24) is 0 Å². The third-order valence-corrected chi connectivity index (χ3v) is 4.83. The number of anilines is 1. The summed E-state index contributed by atoms with van der Waals surface area (Å²) in [5, 5.41) is 12.3. The van der Waals surface area contributed by atoms with Gasteiger partial charge in [0.15, 0.2) is 23.5 Å². The molecule has 0 bridgehead atoms. The zero-order valence-electron chi connectivity index (χ0n) is 15.0. The number of hydrogen-bond donors (Lipinski definition) is 2. The Morgan fingerprint density at radius 3 is 2.25 bits per heavy atom. The molecular weight excluding hydrogens is 356 g/mol. The van der Waals surface area contributed by atoms with Gasteiger partial charge in [-0.25, -0.2) is 0 Å². The van der Waals surface area contributed by atoms with Gasteiger partial charge in [0.05, 0.1) is 0 Å². The van der Waals surface area contributed by atoms with Gasteiger partial charge in [-0.2, -0.15) is 4.57 Å². The predicted octanol–water partition coefficient (Wildman–Crippen LogP) is 2.65. The van der Waals surface area contributed by atoms with Crippen molar-refractivity contribution in [3.05, 3.63) is 89.2 Å². The van der Waals surface area contributed by atoms with Gasteiger partial charge in [-0.1, -0.05) is 24.3 Å². The van der Waals surface area contributed by atoms with Gasteiger partial charge >= 0.3 is 0 Å². The summed E-state index contributed by atoms with van der Waals surface area (Å²) >= 11 is 0. The molecular formula is C22H17N2O4+. The second-order valence-electron chi connectivity index (χ2n) is 6.64. The van der Waals surface area contributed by atoms with Crippen LogP contribution in [0.1, 0.15) is 44.8 Å². The molecule has 6 nitrogen and oxygen atoms in total. The summed E-state index contributed by atoms with van der Waals surface area (Å²) in [5.74, 6) is -0.701. The summed E-state index contributed by atoms with van der Waals surface area (Å²) in [5.41, 5.74) is 1.80. The molecule has 0 saturated heterocycles. The number of hydrogen-bond acceptors (Lipinski definition) is 4. The smallest absolute Gasteiger partial charge is 0.293 e. The van der Waals surface area contributed by atoms with E-state index in [9.17, 15) is 19.5 Å². The Morgan fingerprint density at radius 1 is 0.929 bits per heavy atom. The molecule has 0 unspecified atom stereocenters. The molecule has 1 aromatic heterocycles. The number of nitrogens with zero attached hydrogens (tertiary/aromatic N) is 1. The van der Waals surface area contributed by atoms with E-state index in [1.807, 2.05) is 0 Å². The second kappa shape index (κ2) is 6.74. The molecule has 0 fully saturated rings. The molecule has 3 aromatic rings. The number of rotatable bonds is 3. The van der Waals surface area contributed by atoms with E-state index < -0.39 is 6.04 Å². The van der Waals surface area contributed by atoms with Crippen LogP contribution in [-0.4, -0.2) is 22.6 Å². The molecule has 1 aliphatic rings. The molecule has 0 spiro atoms. The molecule has 2 N–H and O–H groups in total. The first-order valence-electron chi connectivity index (χ1n) is 8.79. The summed E-state index contributed by atoms with van der Waals surface area (Å²) in [6, 6.07) is 14.0. The van der Waals surface area contributed by atoms with Crippen molar-refractivity contribution in [3.63, 3.8) is 0 Å². The zero-order valence-corrected chi connectivity index (χ0v) is 15.0. The van der Waals surface area contributed by atoms with Crippen LogP contribution < -0.4 is 9.88 Å². The minimum absolute atomic E-state index is 0.0544. The molecule has 1 heterocycles. The Bertz CT molecular complexity index is 1140. The van der Waals surface area contributed by atoms with Crippen molar-refractivity contribution in [2.24, 2.45) is 0 Å². The number of pyridine rings is 1. The Morgan fingerprint density at radius 2 is 1.57 bits per heavy atom. The average Bonchev–Trinajstić information content (AvgIpc) is 2.71. The summed E-state index contributed by atoms with van der Waals surface area (Å²) in [6.45, 7) is 1.69. The first kappa shape index (κ1) is 17.6. The van der Waals surface area contributed by atoms with Crippen LogP contribution in [0, 0.1) is 0 Å². The average molecular weight is 373 g/mol. The van der Waals surface area contributed by atoms with E-state index in [2.05, 4.69) is 5.32 Å². The third-order valence-electron chi connectivity index (χ3n) is 4.83. The summed E-state index contributed by atoms with van der Waals surface area (Å²) in [4.78, 5) is 38.0. The lowest BCUT2D eigenvalue weighted by Crippen LogP contribution is -2.43. The van der Waals surface area contributed by atoms with Crippen LogP contribution >= 0.6 is 0 Å². The van der Waals surface area contributed by atoms with Gasteiger partial charge in [0.2, 0.25) is 12.2 Å². The first-order valence-corrected chi connectivity index (χ1v) is 8.79. The Hall–Kier alpha value is -3.80. The SMILES string of the molecule is C[C@@H](C(=O)Nc1ccc2c(c1)C(=O)c1ccccc1C2=O)[n+]1cccc(O)c1. The fraction of sp³-hybridized carbons (Fsp3) is 0.0909. The summed E-state index contributed by atoms with van der Waals surface area (Å²) in [7, 11) is 0. The third kappa shape index (κ3) is 2.95. The number of nitrogens with one attached hydrogen (secondary N) is 1. The van der Waals surface area contributed by atoms with Crippen molar-refractivity contribution in [1.29, 1.82) is 0 Å². The summed E-state index contributed by atoms with van der Waals surface area (Å²) < 4.78 is 1.58. The topological polar surface area (TPSA) is 87.4 Å². The number of aromatic nitrogens is 1. The largest absolute Gasteiger partial charge is 0.503 e. The fourth-order valence-electron chi connectivity index (χ4n) is 3.28. The van der Waals surface area contributed by atoms with Crippen molar-refractivity contribution in [2.45, 2.75) is 13.0 Å². The number of aromatic hydroxyl groups is 1. The van der Waals surface area contributed by atoms with Gasteiger partial charge < -0.3 is 10.4 Å². The standard InChI is InChI=1S/C22H16N2O4/c1-13(24-10-4-5-15(25)12-24)22(28)23-14-8-9-18-19(11-14)21(27)17-7-3-2-6-16(17)20(18)26/h2-13H,1H3,(H-,23,25,26,28)/p+1/t13-/m0/s1. The normalized spacial score (nSPS) is 13.5. The maximum absolute atomic E-state index is 12.8. The molecule has 1 aliphatic carbocycles. The van der Waals surface area contributed by atoms with Gasteiger partial charge in [-0.15, -0.1) is 0 Å². The maximum atomic E-state index is 12.8. The summed E-state index contributed by atoms with van der Waals surface area (Å²) in [6.07, 6.45) is 3.13. The molecule has 28 heavy (non-hydrogen) atoms. The van der Waals surface area contributed by atoms with E-state index in [4.69, 9.17) is 0 Å². The van der Waals surface area contributed by atoms with Crippen LogP contribution in [0.4, 0.5) is 5.69 Å². The lowest BCUT2D eigenvalue weighted by Gasteiger charge is -2.18. The highest BCUT2D eigenvalue weighted by atomic mass is 16.3. The highest BCUT2D eigenvalue weighted by molar-refractivity contribution is 6.28. The molecule has 6 heteroatoms. The molecule has 1 amide bonds. The van der Waals surface area contributed by atoms with E-state index in [1.165, 1.54) is 18.3 Å². The zero-order chi connectivity index (χ0) is 19.8. The number of carbonyl (C=O) groups excluding carboxylic acids is 3. The predicted molar refractivity (Wildman–Crippen MR) is 101 cm³/mol. The number of ketones is 2. The lowest BCUT2D eigenvalue weighted by molar-refractivity contribution is -0.705. The van der Waals surface area contributed by atoms with Crippen molar-refractivity contribution in [3.8, 4) is 5.75 Å². The highest BCUT2D eigenvalue weighted by Gasteiger charge is 2.30. The Labute approximate surface area is 161 Å². The Kier molecular flexibility index (Phi) is 4.24. The molecule has 0 aliphatic heterocycles. The van der Waals surface area contributed by atoms with Crippen LogP contribution in [0.3, 0.4) is 0 Å². The molecule has 2 aromatic carbocycles. The molecule has 138 valence electrons. The minimum atomic E-state index is -0.582. The van der Waals surface area contributed by atoms with Gasteiger partial charge in [-0.05, 0) is 24.3 Å². The van der Waals surface area contributed by atoms with E-state index >= 15 is 0 Å². The molecule has 0 saturated carbocycles. The number of fused-ring (bicyclic) bond motifs is 2. The van der Waals surface area contributed by atoms with Crippen LogP contribution in [0.15, 0.2) is 67.0 Å². The molecule has 4 rings (SSSR count). The number of amides is 1. The van der Waals surface area contributed by atoms with Gasteiger partial charge in [0.1, 0.15) is 0 Å². The van der Waals surface area contributed by atoms with E-state index in [0.717, 1.165) is 0 Å². The first-order chi connectivity index (χ1) is 13.5. The van der Waals surface area contributed by atoms with E-state index in [0.29, 0.717) is 22.4 Å². The Balaban J connectivity index is 1.62. The fourth-order valence-corrected chi connectivity index (χ4v) is 3.28. The maximum Gasteiger partial charge on any atom is 0.293 e. The van der Waals surface area contributed by atoms with Crippen LogP contribution in [-0.2, 0) is 4.79 Å².